The fourth-order valence-corrected chi connectivity index (χ4v) is 3.40. The zero-order valence-corrected chi connectivity index (χ0v) is 12.3. The maximum Gasteiger partial charge on any atom is 0.119 e. The van der Waals surface area contributed by atoms with Gasteiger partial charge in [-0.2, -0.15) is 0 Å². The molecule has 1 heterocycles. The Morgan fingerprint density at radius 3 is 2.56 bits per heavy atom. The van der Waals surface area contributed by atoms with E-state index >= 15 is 0 Å². The van der Waals surface area contributed by atoms with E-state index in [1.165, 1.54) is 4.90 Å². The molecule has 1 aliphatic rings. The summed E-state index contributed by atoms with van der Waals surface area (Å²) in [4.78, 5) is 3.57. The van der Waals surface area contributed by atoms with Gasteiger partial charge in [0.25, 0.3) is 0 Å². The molecule has 3 nitrogen and oxygen atoms in total. The second-order valence-corrected chi connectivity index (χ2v) is 6.79. The summed E-state index contributed by atoms with van der Waals surface area (Å²) in [5.74, 6) is 2.54. The lowest BCUT2D eigenvalue weighted by atomic mass is 10.3. The topological polar surface area (TPSA) is 29.5 Å². The normalized spacial score (nSPS) is 17.8. The summed E-state index contributed by atoms with van der Waals surface area (Å²) < 4.78 is 16.9. The lowest BCUT2D eigenvalue weighted by molar-refractivity contribution is 0.221. The van der Waals surface area contributed by atoms with E-state index in [9.17, 15) is 4.21 Å². The van der Waals surface area contributed by atoms with Crippen molar-refractivity contribution >= 4 is 22.6 Å². The van der Waals surface area contributed by atoms with Gasteiger partial charge >= 0.3 is 0 Å². The molecule has 1 fully saturated rings. The molecule has 0 N–H and O–H groups in total. The standard InChI is InChI=1S/C13H19NO2S2/c1-17-13-4-2-12(3-5-13)16-9-6-14-7-10-18(15)11-8-14/h2-5H,6-11H2,1H3. The maximum atomic E-state index is 11.2. The van der Waals surface area contributed by atoms with Crippen LogP contribution in [-0.4, -0.2) is 53.1 Å². The predicted molar refractivity (Wildman–Crippen MR) is 78.0 cm³/mol. The van der Waals surface area contributed by atoms with E-state index in [0.717, 1.165) is 36.9 Å². The smallest absolute Gasteiger partial charge is 0.119 e. The van der Waals surface area contributed by atoms with Crippen LogP contribution < -0.4 is 4.74 Å². The minimum Gasteiger partial charge on any atom is -0.492 e. The molecule has 5 heteroatoms. The first-order chi connectivity index (χ1) is 8.78. The number of benzene rings is 1. The van der Waals surface area contributed by atoms with Gasteiger partial charge in [-0.05, 0) is 30.5 Å². The SMILES string of the molecule is CSc1ccc(OCCN2CCS(=O)CC2)cc1. The number of nitrogens with zero attached hydrogens (tertiary/aromatic N) is 1. The van der Waals surface area contributed by atoms with E-state index in [1.807, 2.05) is 12.1 Å². The predicted octanol–water partition coefficient (Wildman–Crippen LogP) is 1.85. The summed E-state index contributed by atoms with van der Waals surface area (Å²) in [5.41, 5.74) is 0. The average Bonchev–Trinajstić information content (AvgIpc) is 2.42. The molecule has 1 saturated heterocycles. The summed E-state index contributed by atoms with van der Waals surface area (Å²) in [7, 11) is -0.591. The highest BCUT2D eigenvalue weighted by atomic mass is 32.2. The van der Waals surface area contributed by atoms with Gasteiger partial charge in [-0.3, -0.25) is 9.11 Å². The summed E-state index contributed by atoms with van der Waals surface area (Å²) in [6.45, 7) is 3.48. The monoisotopic (exact) mass is 285 g/mol. The molecule has 0 bridgehead atoms. The van der Waals surface area contributed by atoms with Crippen molar-refractivity contribution in [1.29, 1.82) is 0 Å². The van der Waals surface area contributed by atoms with E-state index in [2.05, 4.69) is 23.3 Å². The van der Waals surface area contributed by atoms with Crippen molar-refractivity contribution in [1.82, 2.24) is 4.90 Å². The first-order valence-corrected chi connectivity index (χ1v) is 8.83. The van der Waals surface area contributed by atoms with Gasteiger partial charge in [0.2, 0.25) is 0 Å². The van der Waals surface area contributed by atoms with E-state index < -0.39 is 10.8 Å². The summed E-state index contributed by atoms with van der Waals surface area (Å²) >= 11 is 1.73. The van der Waals surface area contributed by atoms with Crippen LogP contribution in [-0.2, 0) is 10.8 Å². The van der Waals surface area contributed by atoms with Gasteiger partial charge in [-0.1, -0.05) is 0 Å². The Morgan fingerprint density at radius 1 is 1.28 bits per heavy atom. The molecule has 0 unspecified atom stereocenters. The first-order valence-electron chi connectivity index (χ1n) is 6.12. The van der Waals surface area contributed by atoms with Crippen molar-refractivity contribution < 1.29 is 8.95 Å². The minimum absolute atomic E-state index is 0.591. The van der Waals surface area contributed by atoms with Crippen LogP contribution in [0, 0.1) is 0 Å². The molecule has 0 atom stereocenters. The Bertz CT molecular complexity index is 384. The van der Waals surface area contributed by atoms with Gasteiger partial charge in [0.05, 0.1) is 0 Å². The van der Waals surface area contributed by atoms with E-state index in [0.29, 0.717) is 6.61 Å². The molecule has 0 amide bonds. The van der Waals surface area contributed by atoms with Gasteiger partial charge in [0, 0.05) is 46.8 Å². The Kier molecular flexibility index (Phi) is 5.53. The molecule has 1 aromatic rings. The molecule has 1 aliphatic heterocycles. The molecule has 0 aliphatic carbocycles. The number of hydrogen-bond acceptors (Lipinski definition) is 4. The Morgan fingerprint density at radius 2 is 1.94 bits per heavy atom. The van der Waals surface area contributed by atoms with Crippen LogP contribution in [0.15, 0.2) is 29.2 Å². The summed E-state index contributed by atoms with van der Waals surface area (Å²) in [6.07, 6.45) is 2.07. The van der Waals surface area contributed by atoms with Crippen LogP contribution in [0.5, 0.6) is 5.75 Å². The van der Waals surface area contributed by atoms with E-state index in [-0.39, 0.29) is 0 Å². The van der Waals surface area contributed by atoms with Crippen LogP contribution in [0.4, 0.5) is 0 Å². The highest BCUT2D eigenvalue weighted by Crippen LogP contribution is 2.18. The van der Waals surface area contributed by atoms with Gasteiger partial charge in [0.1, 0.15) is 12.4 Å². The highest BCUT2D eigenvalue weighted by Gasteiger charge is 2.14. The van der Waals surface area contributed by atoms with Crippen LogP contribution >= 0.6 is 11.8 Å². The van der Waals surface area contributed by atoms with Crippen molar-refractivity contribution in [3.8, 4) is 5.75 Å². The zero-order chi connectivity index (χ0) is 12.8. The van der Waals surface area contributed by atoms with Gasteiger partial charge in [0.15, 0.2) is 0 Å². The molecular formula is C13H19NO2S2. The molecule has 0 aromatic heterocycles. The van der Waals surface area contributed by atoms with Crippen molar-refractivity contribution in [3.63, 3.8) is 0 Å². The van der Waals surface area contributed by atoms with Crippen molar-refractivity contribution in [2.24, 2.45) is 0 Å². The largest absolute Gasteiger partial charge is 0.492 e. The Balaban J connectivity index is 1.69. The molecule has 18 heavy (non-hydrogen) atoms. The Hall–Kier alpha value is -0.520. The second-order valence-electron chi connectivity index (χ2n) is 4.21. The van der Waals surface area contributed by atoms with Crippen LogP contribution in [0.3, 0.4) is 0 Å². The van der Waals surface area contributed by atoms with Crippen molar-refractivity contribution in [3.05, 3.63) is 24.3 Å². The third-order valence-electron chi connectivity index (χ3n) is 3.01. The van der Waals surface area contributed by atoms with Crippen LogP contribution in [0.2, 0.25) is 0 Å². The van der Waals surface area contributed by atoms with Gasteiger partial charge in [-0.25, -0.2) is 0 Å². The molecule has 1 aromatic carbocycles. The lowest BCUT2D eigenvalue weighted by Crippen LogP contribution is -2.39. The van der Waals surface area contributed by atoms with Crippen LogP contribution in [0.25, 0.3) is 0 Å². The van der Waals surface area contributed by atoms with Crippen molar-refractivity contribution in [2.75, 3.05) is 44.0 Å². The minimum atomic E-state index is -0.591. The molecule has 0 saturated carbocycles. The highest BCUT2D eigenvalue weighted by molar-refractivity contribution is 7.98. The molecule has 0 spiro atoms. The van der Waals surface area contributed by atoms with Gasteiger partial charge < -0.3 is 4.74 Å². The maximum absolute atomic E-state index is 11.2. The summed E-state index contributed by atoms with van der Waals surface area (Å²) in [6, 6.07) is 8.17. The average molecular weight is 285 g/mol. The van der Waals surface area contributed by atoms with E-state index in [1.54, 1.807) is 11.8 Å². The quantitative estimate of drug-likeness (QED) is 0.772. The van der Waals surface area contributed by atoms with E-state index in [4.69, 9.17) is 4.74 Å². The van der Waals surface area contributed by atoms with Gasteiger partial charge in [-0.15, -0.1) is 11.8 Å². The first kappa shape index (κ1) is 13.9. The summed E-state index contributed by atoms with van der Waals surface area (Å²) in [5, 5.41) is 0. The number of ether oxygens (including phenoxy) is 1. The fourth-order valence-electron chi connectivity index (χ4n) is 1.86. The molecular weight excluding hydrogens is 266 g/mol. The molecule has 2 rings (SSSR count). The van der Waals surface area contributed by atoms with Crippen LogP contribution in [0.1, 0.15) is 0 Å². The lowest BCUT2D eigenvalue weighted by Gasteiger charge is -2.25. The second kappa shape index (κ2) is 7.16. The fraction of sp³-hybridized carbons (Fsp3) is 0.538. The Labute approximate surface area is 115 Å². The zero-order valence-electron chi connectivity index (χ0n) is 10.6. The number of rotatable bonds is 5. The van der Waals surface area contributed by atoms with Crippen molar-refractivity contribution in [2.45, 2.75) is 4.90 Å². The number of hydrogen-bond donors (Lipinski definition) is 0. The number of thioether (sulfide) groups is 1. The molecule has 0 radical (unpaired) electrons. The third-order valence-corrected chi connectivity index (χ3v) is 5.03. The molecule has 100 valence electrons. The third kappa shape index (κ3) is 4.30.